The van der Waals surface area contributed by atoms with E-state index in [1.165, 1.54) is 6.08 Å². The first-order valence-electron chi connectivity index (χ1n) is 4.12. The summed E-state index contributed by atoms with van der Waals surface area (Å²) in [6.45, 7) is 3.76. The lowest BCUT2D eigenvalue weighted by molar-refractivity contribution is -0.137. The first-order chi connectivity index (χ1) is 6.95. The molecule has 3 N–H and O–H groups in total. The molecule has 1 heterocycles. The van der Waals surface area contributed by atoms with Crippen molar-refractivity contribution in [1.29, 1.82) is 0 Å². The van der Waals surface area contributed by atoms with Gasteiger partial charge < -0.3 is 11.1 Å². The number of alkyl halides is 3. The highest BCUT2D eigenvalue weighted by atomic mass is 19.4. The average molecular weight is 217 g/mol. The van der Waals surface area contributed by atoms with Crippen LogP contribution in [0, 0.1) is 0 Å². The molecule has 15 heavy (non-hydrogen) atoms. The number of halogens is 3. The van der Waals surface area contributed by atoms with Crippen LogP contribution in [-0.2, 0) is 6.18 Å². The highest BCUT2D eigenvalue weighted by Crippen LogP contribution is 2.31. The van der Waals surface area contributed by atoms with Crippen LogP contribution in [0.5, 0.6) is 0 Å². The summed E-state index contributed by atoms with van der Waals surface area (Å²) in [4.78, 5) is 3.46. The van der Waals surface area contributed by atoms with E-state index in [1.807, 2.05) is 0 Å². The summed E-state index contributed by atoms with van der Waals surface area (Å²) in [7, 11) is 0. The number of nitrogens with two attached hydrogens (primary N) is 1. The van der Waals surface area contributed by atoms with Gasteiger partial charge in [-0.05, 0) is 6.07 Å². The smallest absolute Gasteiger partial charge is 0.382 e. The van der Waals surface area contributed by atoms with Crippen molar-refractivity contribution in [2.45, 2.75) is 6.18 Å². The number of aromatic nitrogens is 1. The van der Waals surface area contributed by atoms with E-state index < -0.39 is 11.7 Å². The quantitative estimate of drug-likeness (QED) is 0.763. The van der Waals surface area contributed by atoms with E-state index in [2.05, 4.69) is 16.9 Å². The highest BCUT2D eigenvalue weighted by Gasteiger charge is 2.31. The van der Waals surface area contributed by atoms with Gasteiger partial charge in [0.15, 0.2) is 0 Å². The summed E-state index contributed by atoms with van der Waals surface area (Å²) < 4.78 is 36.9. The predicted molar refractivity (Wildman–Crippen MR) is 52.3 cm³/mol. The minimum absolute atomic E-state index is 0.0323. The summed E-state index contributed by atoms with van der Waals surface area (Å²) >= 11 is 0. The van der Waals surface area contributed by atoms with Gasteiger partial charge in [-0.3, -0.25) is 0 Å². The Balaban J connectivity index is 3.00. The second-order valence-corrected chi connectivity index (χ2v) is 2.82. The molecule has 0 aliphatic rings. The number of nitrogens with zero attached hydrogens (tertiary/aromatic N) is 1. The number of anilines is 2. The zero-order valence-electron chi connectivity index (χ0n) is 7.80. The van der Waals surface area contributed by atoms with E-state index in [4.69, 9.17) is 5.73 Å². The number of hydrogen-bond acceptors (Lipinski definition) is 3. The van der Waals surface area contributed by atoms with E-state index in [-0.39, 0.29) is 11.5 Å². The third-order valence-corrected chi connectivity index (χ3v) is 1.68. The first-order valence-corrected chi connectivity index (χ1v) is 4.12. The molecule has 1 aromatic heterocycles. The Hall–Kier alpha value is -1.72. The summed E-state index contributed by atoms with van der Waals surface area (Å²) in [5.74, 6) is 0.0323. The number of nitrogen functional groups attached to an aromatic ring is 1. The molecule has 0 spiro atoms. The molecule has 0 fully saturated rings. The van der Waals surface area contributed by atoms with E-state index in [0.717, 1.165) is 6.07 Å². The van der Waals surface area contributed by atoms with Crippen molar-refractivity contribution in [3.63, 3.8) is 0 Å². The van der Waals surface area contributed by atoms with Crippen LogP contribution in [0.15, 0.2) is 24.9 Å². The average Bonchev–Trinajstić information content (AvgIpc) is 2.15. The summed E-state index contributed by atoms with van der Waals surface area (Å²) in [5.41, 5.74) is 4.73. The Bertz CT molecular complexity index is 360. The fourth-order valence-electron chi connectivity index (χ4n) is 0.954. The van der Waals surface area contributed by atoms with E-state index in [1.54, 1.807) is 0 Å². The largest absolute Gasteiger partial charge is 0.417 e. The van der Waals surface area contributed by atoms with Gasteiger partial charge in [-0.25, -0.2) is 4.98 Å². The lowest BCUT2D eigenvalue weighted by atomic mass is 10.2. The molecule has 1 rings (SSSR count). The van der Waals surface area contributed by atoms with Crippen molar-refractivity contribution in [3.8, 4) is 0 Å². The predicted octanol–water partition coefficient (Wildman–Crippen LogP) is 2.28. The van der Waals surface area contributed by atoms with Crippen molar-refractivity contribution < 1.29 is 13.2 Å². The number of pyridine rings is 1. The molecule has 6 heteroatoms. The van der Waals surface area contributed by atoms with Crippen LogP contribution in [0.25, 0.3) is 0 Å². The molecule has 1 aromatic rings. The molecule has 0 atom stereocenters. The van der Waals surface area contributed by atoms with Crippen LogP contribution < -0.4 is 11.1 Å². The Morgan fingerprint density at radius 2 is 2.20 bits per heavy atom. The summed E-state index contributed by atoms with van der Waals surface area (Å²) in [6, 6.07) is 0.922. The molecule has 0 unspecified atom stereocenters. The van der Waals surface area contributed by atoms with Gasteiger partial charge in [0.2, 0.25) is 0 Å². The minimum Gasteiger partial charge on any atom is -0.382 e. The van der Waals surface area contributed by atoms with Gasteiger partial charge in [-0.2, -0.15) is 13.2 Å². The van der Waals surface area contributed by atoms with Gasteiger partial charge in [-0.1, -0.05) is 6.08 Å². The summed E-state index contributed by atoms with van der Waals surface area (Å²) in [5, 5.41) is 2.67. The first kappa shape index (κ1) is 11.4. The van der Waals surface area contributed by atoms with Crippen LogP contribution in [0.1, 0.15) is 5.56 Å². The number of rotatable bonds is 3. The SMILES string of the molecule is C=CCNc1cc(C(F)(F)F)cnc1N. The van der Waals surface area contributed by atoms with Crippen LogP contribution in [-0.4, -0.2) is 11.5 Å². The minimum atomic E-state index is -4.41. The maximum Gasteiger partial charge on any atom is 0.417 e. The fraction of sp³-hybridized carbons (Fsp3) is 0.222. The Morgan fingerprint density at radius 1 is 1.53 bits per heavy atom. The standard InChI is InChI=1S/C9H10F3N3/c1-2-3-14-7-4-6(9(10,11)12)5-15-8(7)13/h2,4-5,14H,1,3H2,(H2,13,15). The van der Waals surface area contributed by atoms with E-state index >= 15 is 0 Å². The number of hydrogen-bond donors (Lipinski definition) is 2. The maximum absolute atomic E-state index is 12.3. The van der Waals surface area contributed by atoms with Gasteiger partial charge in [0.1, 0.15) is 5.82 Å². The molecular formula is C9H10F3N3. The van der Waals surface area contributed by atoms with Crippen molar-refractivity contribution in [2.75, 3.05) is 17.6 Å². The Morgan fingerprint density at radius 3 is 2.73 bits per heavy atom. The van der Waals surface area contributed by atoms with E-state index in [9.17, 15) is 13.2 Å². The zero-order chi connectivity index (χ0) is 11.5. The molecule has 0 bridgehead atoms. The topological polar surface area (TPSA) is 50.9 Å². The van der Waals surface area contributed by atoms with Crippen LogP contribution in [0.4, 0.5) is 24.7 Å². The van der Waals surface area contributed by atoms with Crippen LogP contribution >= 0.6 is 0 Å². The highest BCUT2D eigenvalue weighted by molar-refractivity contribution is 5.62. The maximum atomic E-state index is 12.3. The molecule has 0 aromatic carbocycles. The molecule has 0 saturated carbocycles. The third-order valence-electron chi connectivity index (χ3n) is 1.68. The second-order valence-electron chi connectivity index (χ2n) is 2.82. The number of nitrogens with one attached hydrogen (secondary N) is 1. The monoisotopic (exact) mass is 217 g/mol. The van der Waals surface area contributed by atoms with Gasteiger partial charge in [-0.15, -0.1) is 6.58 Å². The third kappa shape index (κ3) is 2.87. The zero-order valence-corrected chi connectivity index (χ0v) is 7.80. The lowest BCUT2D eigenvalue weighted by Crippen LogP contribution is -2.09. The van der Waals surface area contributed by atoms with Gasteiger partial charge >= 0.3 is 6.18 Å². The van der Waals surface area contributed by atoms with Gasteiger partial charge in [0.05, 0.1) is 11.3 Å². The van der Waals surface area contributed by atoms with Crippen molar-refractivity contribution in [1.82, 2.24) is 4.98 Å². The fourth-order valence-corrected chi connectivity index (χ4v) is 0.954. The summed E-state index contributed by atoms with van der Waals surface area (Å²) in [6.07, 6.45) is -2.20. The molecule has 0 aliphatic heterocycles. The van der Waals surface area contributed by atoms with Crippen molar-refractivity contribution in [3.05, 3.63) is 30.5 Å². The lowest BCUT2D eigenvalue weighted by Gasteiger charge is -2.10. The normalized spacial score (nSPS) is 11.1. The molecule has 0 saturated heterocycles. The molecule has 82 valence electrons. The Kier molecular flexibility index (Phi) is 3.18. The molecule has 0 aliphatic carbocycles. The van der Waals surface area contributed by atoms with E-state index in [0.29, 0.717) is 12.7 Å². The molecular weight excluding hydrogens is 207 g/mol. The second kappa shape index (κ2) is 4.20. The van der Waals surface area contributed by atoms with Crippen molar-refractivity contribution >= 4 is 11.5 Å². The van der Waals surface area contributed by atoms with Crippen LogP contribution in [0.3, 0.4) is 0 Å². The van der Waals surface area contributed by atoms with Gasteiger partial charge in [0.25, 0.3) is 0 Å². The Labute approximate surface area is 84.8 Å². The van der Waals surface area contributed by atoms with Crippen LogP contribution in [0.2, 0.25) is 0 Å². The molecule has 3 nitrogen and oxygen atoms in total. The molecule has 0 radical (unpaired) electrons. The van der Waals surface area contributed by atoms with Crippen molar-refractivity contribution in [2.24, 2.45) is 0 Å². The van der Waals surface area contributed by atoms with Gasteiger partial charge in [0, 0.05) is 12.7 Å². The molecule has 0 amide bonds.